The molecule has 3 aromatic rings. The van der Waals surface area contributed by atoms with E-state index in [0.717, 1.165) is 4.68 Å². The molecule has 0 atom stereocenters. The number of aromatic carboxylic acids is 1. The molecule has 3 rings (SSSR count). The average molecular weight is 328 g/mol. The average Bonchev–Trinajstić information content (AvgIpc) is 2.56. The van der Waals surface area contributed by atoms with Gasteiger partial charge in [0.25, 0.3) is 5.56 Å². The number of nitrogens with zero attached hydrogens (tertiary/aromatic N) is 3. The van der Waals surface area contributed by atoms with E-state index in [1.165, 1.54) is 12.3 Å². The fraction of sp³-hybridized carbons (Fsp3) is 0. The number of rotatable bonds is 3. The van der Waals surface area contributed by atoms with Gasteiger partial charge in [-0.1, -0.05) is 23.7 Å². The zero-order chi connectivity index (χ0) is 16.4. The summed E-state index contributed by atoms with van der Waals surface area (Å²) in [7, 11) is 0. The molecule has 0 aliphatic carbocycles. The molecule has 1 N–H and O–H groups in total. The first kappa shape index (κ1) is 14.9. The van der Waals surface area contributed by atoms with Gasteiger partial charge < -0.3 is 5.11 Å². The van der Waals surface area contributed by atoms with Gasteiger partial charge in [0.05, 0.1) is 17.6 Å². The van der Waals surface area contributed by atoms with Crippen LogP contribution >= 0.6 is 11.6 Å². The first-order chi connectivity index (χ1) is 11.1. The number of carbonyl (C=O) groups is 1. The van der Waals surface area contributed by atoms with Crippen LogP contribution in [0.1, 0.15) is 10.4 Å². The fourth-order valence-electron chi connectivity index (χ4n) is 2.06. The van der Waals surface area contributed by atoms with Crippen LogP contribution in [0.4, 0.5) is 0 Å². The maximum atomic E-state index is 12.3. The number of halogens is 1. The van der Waals surface area contributed by atoms with Gasteiger partial charge in [-0.3, -0.25) is 9.78 Å². The van der Waals surface area contributed by atoms with E-state index in [4.69, 9.17) is 11.6 Å². The van der Waals surface area contributed by atoms with E-state index in [9.17, 15) is 14.7 Å². The fourth-order valence-corrected chi connectivity index (χ4v) is 2.19. The van der Waals surface area contributed by atoms with Crippen LogP contribution < -0.4 is 5.56 Å². The molecule has 7 heteroatoms. The number of aromatic nitrogens is 3. The molecule has 0 amide bonds. The minimum absolute atomic E-state index is 0.350. The molecule has 23 heavy (non-hydrogen) atoms. The number of carboxylic acid groups (broad SMARTS) is 1. The highest BCUT2D eigenvalue weighted by molar-refractivity contribution is 6.30. The number of hydrogen-bond acceptors (Lipinski definition) is 4. The molecule has 0 aliphatic heterocycles. The smallest absolute Gasteiger partial charge is 0.341 e. The third-order valence-corrected chi connectivity index (χ3v) is 3.42. The van der Waals surface area contributed by atoms with Crippen molar-refractivity contribution < 1.29 is 9.90 Å². The summed E-state index contributed by atoms with van der Waals surface area (Å²) in [5.74, 6) is -1.31. The predicted molar refractivity (Wildman–Crippen MR) is 85.0 cm³/mol. The summed E-state index contributed by atoms with van der Waals surface area (Å²) >= 11 is 5.86. The van der Waals surface area contributed by atoms with Gasteiger partial charge >= 0.3 is 5.97 Å². The van der Waals surface area contributed by atoms with Gasteiger partial charge in [0, 0.05) is 16.8 Å². The second-order valence-electron chi connectivity index (χ2n) is 4.68. The Morgan fingerprint density at radius 2 is 1.91 bits per heavy atom. The summed E-state index contributed by atoms with van der Waals surface area (Å²) in [6, 6.07) is 11.2. The van der Waals surface area contributed by atoms with E-state index in [1.807, 2.05) is 0 Å². The molecule has 114 valence electrons. The van der Waals surface area contributed by atoms with E-state index in [2.05, 4.69) is 10.1 Å². The Morgan fingerprint density at radius 1 is 1.17 bits per heavy atom. The molecule has 2 heterocycles. The Hall–Kier alpha value is -2.99. The Labute approximate surface area is 135 Å². The van der Waals surface area contributed by atoms with Crippen LogP contribution in [0, 0.1) is 0 Å². The highest BCUT2D eigenvalue weighted by atomic mass is 35.5. The van der Waals surface area contributed by atoms with Gasteiger partial charge in [-0.05, 0) is 30.3 Å². The van der Waals surface area contributed by atoms with Gasteiger partial charge in [-0.2, -0.15) is 9.78 Å². The molecule has 0 aliphatic rings. The predicted octanol–water partition coefficient (Wildman–Crippen LogP) is 2.65. The largest absolute Gasteiger partial charge is 0.477 e. The van der Waals surface area contributed by atoms with E-state index in [-0.39, 0.29) is 5.56 Å². The molecule has 6 nitrogen and oxygen atoms in total. The summed E-state index contributed by atoms with van der Waals surface area (Å²) in [6.45, 7) is 0. The standard InChI is InChI=1S/C16H10ClN3O3/c17-11-5-3-10(4-6-11)14-8-13(16(22)23)15(21)20(19-14)12-2-1-7-18-9-12/h1-9H,(H,22,23). The molecule has 0 saturated heterocycles. The van der Waals surface area contributed by atoms with E-state index < -0.39 is 11.5 Å². The molecule has 0 saturated carbocycles. The van der Waals surface area contributed by atoms with Crippen LogP contribution in [0.25, 0.3) is 16.9 Å². The maximum Gasteiger partial charge on any atom is 0.341 e. The lowest BCUT2D eigenvalue weighted by molar-refractivity contribution is 0.0694. The van der Waals surface area contributed by atoms with Gasteiger partial charge in [0.15, 0.2) is 0 Å². The van der Waals surface area contributed by atoms with Gasteiger partial charge in [0.1, 0.15) is 5.56 Å². The summed E-state index contributed by atoms with van der Waals surface area (Å²) in [4.78, 5) is 27.6. The van der Waals surface area contributed by atoms with E-state index in [0.29, 0.717) is 22.0 Å². The van der Waals surface area contributed by atoms with Crippen molar-refractivity contribution in [1.29, 1.82) is 0 Å². The second kappa shape index (κ2) is 6.02. The summed E-state index contributed by atoms with van der Waals surface area (Å²) in [5.41, 5.74) is 0.296. The molecule has 1 aromatic carbocycles. The van der Waals surface area contributed by atoms with Crippen molar-refractivity contribution in [2.24, 2.45) is 0 Å². The van der Waals surface area contributed by atoms with Crippen molar-refractivity contribution >= 4 is 17.6 Å². The van der Waals surface area contributed by atoms with E-state index >= 15 is 0 Å². The monoisotopic (exact) mass is 327 g/mol. The molecular weight excluding hydrogens is 318 g/mol. The summed E-state index contributed by atoms with van der Waals surface area (Å²) in [6.07, 6.45) is 2.99. The van der Waals surface area contributed by atoms with Gasteiger partial charge in [-0.15, -0.1) is 0 Å². The normalized spacial score (nSPS) is 10.5. The van der Waals surface area contributed by atoms with Crippen LogP contribution in [-0.2, 0) is 0 Å². The number of hydrogen-bond donors (Lipinski definition) is 1. The lowest BCUT2D eigenvalue weighted by Gasteiger charge is -2.09. The van der Waals surface area contributed by atoms with Crippen LogP contribution in [-0.4, -0.2) is 25.8 Å². The second-order valence-corrected chi connectivity index (χ2v) is 5.12. The first-order valence-corrected chi connectivity index (χ1v) is 6.98. The highest BCUT2D eigenvalue weighted by Gasteiger charge is 2.16. The zero-order valence-corrected chi connectivity index (χ0v) is 12.4. The summed E-state index contributed by atoms with van der Waals surface area (Å²) in [5, 5.41) is 14.1. The Balaban J connectivity index is 2.26. The maximum absolute atomic E-state index is 12.3. The molecule has 2 aromatic heterocycles. The summed E-state index contributed by atoms with van der Waals surface area (Å²) < 4.78 is 1.03. The van der Waals surface area contributed by atoms with Crippen molar-refractivity contribution in [3.63, 3.8) is 0 Å². The van der Waals surface area contributed by atoms with Crippen molar-refractivity contribution in [3.8, 4) is 16.9 Å². The topological polar surface area (TPSA) is 85.1 Å². The molecular formula is C16H10ClN3O3. The lowest BCUT2D eigenvalue weighted by Crippen LogP contribution is -2.27. The SMILES string of the molecule is O=C(O)c1cc(-c2ccc(Cl)cc2)nn(-c2cccnc2)c1=O. The third kappa shape index (κ3) is 2.97. The number of pyridine rings is 1. The van der Waals surface area contributed by atoms with Crippen molar-refractivity contribution in [3.05, 3.63) is 75.8 Å². The molecule has 0 bridgehead atoms. The van der Waals surface area contributed by atoms with Crippen LogP contribution in [0.3, 0.4) is 0 Å². The molecule has 0 unspecified atom stereocenters. The minimum Gasteiger partial charge on any atom is -0.477 e. The quantitative estimate of drug-likeness (QED) is 0.799. The molecule has 0 radical (unpaired) electrons. The van der Waals surface area contributed by atoms with Crippen molar-refractivity contribution in [2.75, 3.05) is 0 Å². The number of benzene rings is 1. The Kier molecular flexibility index (Phi) is 3.91. The number of carboxylic acids is 1. The van der Waals surface area contributed by atoms with Crippen molar-refractivity contribution in [2.45, 2.75) is 0 Å². The third-order valence-electron chi connectivity index (χ3n) is 3.17. The lowest BCUT2D eigenvalue weighted by atomic mass is 10.1. The Bertz CT molecular complexity index is 922. The van der Waals surface area contributed by atoms with Crippen LogP contribution in [0.5, 0.6) is 0 Å². The van der Waals surface area contributed by atoms with Gasteiger partial charge in [-0.25, -0.2) is 4.79 Å². The van der Waals surface area contributed by atoms with E-state index in [1.54, 1.807) is 42.6 Å². The molecule has 0 fully saturated rings. The van der Waals surface area contributed by atoms with Crippen LogP contribution in [0.2, 0.25) is 5.02 Å². The highest BCUT2D eigenvalue weighted by Crippen LogP contribution is 2.20. The van der Waals surface area contributed by atoms with Gasteiger partial charge in [0.2, 0.25) is 0 Å². The molecule has 0 spiro atoms. The van der Waals surface area contributed by atoms with Crippen LogP contribution in [0.15, 0.2) is 59.7 Å². The first-order valence-electron chi connectivity index (χ1n) is 6.60. The van der Waals surface area contributed by atoms with Crippen molar-refractivity contribution in [1.82, 2.24) is 14.8 Å². The minimum atomic E-state index is -1.31. The Morgan fingerprint density at radius 3 is 2.52 bits per heavy atom. The zero-order valence-electron chi connectivity index (χ0n) is 11.7.